The number of hydrogen-bond donors (Lipinski definition) is 0. The van der Waals surface area contributed by atoms with E-state index in [-0.39, 0.29) is 34.8 Å². The molecule has 2 saturated heterocycles. The van der Waals surface area contributed by atoms with Crippen LogP contribution in [-0.2, 0) is 16.1 Å². The first-order chi connectivity index (χ1) is 17.1. The zero-order valence-corrected chi connectivity index (χ0v) is 20.9. The van der Waals surface area contributed by atoms with Crippen molar-refractivity contribution in [3.8, 4) is 0 Å². The topological polar surface area (TPSA) is 40.6 Å². The van der Waals surface area contributed by atoms with Crippen LogP contribution in [0, 0.1) is 11.7 Å². The molecule has 3 unspecified atom stereocenters. The van der Waals surface area contributed by atoms with Crippen molar-refractivity contribution in [1.29, 1.82) is 0 Å². The third kappa shape index (κ3) is 5.64. The predicted molar refractivity (Wildman–Crippen MR) is 139 cm³/mol. The highest BCUT2D eigenvalue weighted by molar-refractivity contribution is 8.04. The molecule has 1 aliphatic carbocycles. The second-order valence-corrected chi connectivity index (χ2v) is 11.2. The van der Waals surface area contributed by atoms with Crippen molar-refractivity contribution in [2.75, 3.05) is 13.1 Å². The Balaban J connectivity index is 1.39. The number of nitrogens with zero attached hydrogens (tertiary/aromatic N) is 2. The molecule has 2 aliphatic heterocycles. The Labute approximate surface area is 211 Å². The molecular formula is C29H33FN2O2S. The van der Waals surface area contributed by atoms with Gasteiger partial charge in [-0.05, 0) is 61.4 Å². The summed E-state index contributed by atoms with van der Waals surface area (Å²) in [5, 5.41) is 0.260. The van der Waals surface area contributed by atoms with Crippen molar-refractivity contribution >= 4 is 29.7 Å². The largest absolute Gasteiger partial charge is 0.342 e. The van der Waals surface area contributed by atoms with E-state index in [1.165, 1.54) is 25.0 Å². The minimum absolute atomic E-state index is 0.000143. The fourth-order valence-corrected chi connectivity index (χ4v) is 7.05. The standard InChI is InChI=1S/C29H33FN2O2S/c30-24-13-10-22(11-14-24)20-32-25-19-23(28(33)31-16-6-1-2-7-17-31)12-15-26(25)35-27(29(32)34)18-21-8-4-3-5-9-21/h3-5,8-11,13-14,18,23,25-26H,1-2,6-7,12,15-17,19-20H2/b27-18-. The van der Waals surface area contributed by atoms with Gasteiger partial charge in [0.1, 0.15) is 5.82 Å². The molecule has 0 radical (unpaired) electrons. The second-order valence-electron chi connectivity index (χ2n) is 9.95. The molecule has 3 aliphatic rings. The number of amides is 2. The summed E-state index contributed by atoms with van der Waals surface area (Å²) in [6.07, 6.45) is 9.05. The summed E-state index contributed by atoms with van der Waals surface area (Å²) in [6.45, 7) is 2.15. The van der Waals surface area contributed by atoms with Gasteiger partial charge in [0.2, 0.25) is 5.91 Å². The minimum Gasteiger partial charge on any atom is -0.342 e. The van der Waals surface area contributed by atoms with Gasteiger partial charge in [0, 0.05) is 36.8 Å². The quantitative estimate of drug-likeness (QED) is 0.500. The van der Waals surface area contributed by atoms with E-state index >= 15 is 0 Å². The van der Waals surface area contributed by atoms with Crippen LogP contribution in [0.1, 0.15) is 56.1 Å². The molecule has 184 valence electrons. The van der Waals surface area contributed by atoms with Gasteiger partial charge in [0.25, 0.3) is 5.91 Å². The third-order valence-electron chi connectivity index (χ3n) is 7.54. The maximum Gasteiger partial charge on any atom is 0.260 e. The number of halogens is 1. The molecule has 0 aromatic heterocycles. The van der Waals surface area contributed by atoms with E-state index in [1.54, 1.807) is 23.9 Å². The highest BCUT2D eigenvalue weighted by Gasteiger charge is 2.45. The number of benzene rings is 2. The molecule has 6 heteroatoms. The van der Waals surface area contributed by atoms with Gasteiger partial charge < -0.3 is 9.80 Å². The van der Waals surface area contributed by atoms with Gasteiger partial charge in [-0.25, -0.2) is 4.39 Å². The van der Waals surface area contributed by atoms with Crippen molar-refractivity contribution in [2.45, 2.75) is 62.8 Å². The van der Waals surface area contributed by atoms with Crippen molar-refractivity contribution in [2.24, 2.45) is 5.92 Å². The Kier molecular flexibility index (Phi) is 7.57. The number of hydrogen-bond acceptors (Lipinski definition) is 3. The van der Waals surface area contributed by atoms with E-state index in [1.807, 2.05) is 41.3 Å². The maximum absolute atomic E-state index is 13.7. The molecule has 3 atom stereocenters. The number of likely N-dealkylation sites (tertiary alicyclic amines) is 1. The molecule has 2 aromatic carbocycles. The molecule has 2 amide bonds. The number of fused-ring (bicyclic) bond motifs is 1. The molecule has 0 bridgehead atoms. The zero-order chi connectivity index (χ0) is 24.2. The fourth-order valence-electron chi connectivity index (χ4n) is 5.64. The van der Waals surface area contributed by atoms with Gasteiger partial charge >= 0.3 is 0 Å². The Bertz CT molecular complexity index is 1060. The van der Waals surface area contributed by atoms with Crippen LogP contribution in [0.25, 0.3) is 6.08 Å². The van der Waals surface area contributed by atoms with Crippen LogP contribution in [0.2, 0.25) is 0 Å². The third-order valence-corrected chi connectivity index (χ3v) is 8.93. The van der Waals surface area contributed by atoms with Crippen LogP contribution in [0.3, 0.4) is 0 Å². The number of carbonyl (C=O) groups is 2. The van der Waals surface area contributed by atoms with E-state index in [4.69, 9.17) is 0 Å². The van der Waals surface area contributed by atoms with Crippen molar-refractivity contribution in [3.05, 3.63) is 76.4 Å². The lowest BCUT2D eigenvalue weighted by atomic mass is 9.83. The Hall–Kier alpha value is -2.60. The minimum atomic E-state index is -0.280. The second kappa shape index (κ2) is 11.0. The SMILES string of the molecule is O=C(C1CCC2S/C(=C\c3ccccc3)C(=O)N(Cc3ccc(F)cc3)C2C1)N1CCCCCC1. The fraction of sp³-hybridized carbons (Fsp3) is 0.448. The Morgan fingerprint density at radius 3 is 2.40 bits per heavy atom. The van der Waals surface area contributed by atoms with Crippen LogP contribution in [0.15, 0.2) is 59.5 Å². The Morgan fingerprint density at radius 1 is 0.971 bits per heavy atom. The molecule has 3 fully saturated rings. The first-order valence-electron chi connectivity index (χ1n) is 12.9. The molecular weight excluding hydrogens is 459 g/mol. The van der Waals surface area contributed by atoms with Gasteiger partial charge in [0.15, 0.2) is 0 Å². The highest BCUT2D eigenvalue weighted by Crippen LogP contribution is 2.44. The lowest BCUT2D eigenvalue weighted by molar-refractivity contribution is -0.139. The first-order valence-corrected chi connectivity index (χ1v) is 13.7. The monoisotopic (exact) mass is 492 g/mol. The summed E-state index contributed by atoms with van der Waals surface area (Å²) < 4.78 is 13.5. The van der Waals surface area contributed by atoms with Gasteiger partial charge in [-0.3, -0.25) is 9.59 Å². The maximum atomic E-state index is 13.7. The lowest BCUT2D eigenvalue weighted by Crippen LogP contribution is -2.54. The summed E-state index contributed by atoms with van der Waals surface area (Å²) in [5.74, 6) is -0.0295. The summed E-state index contributed by atoms with van der Waals surface area (Å²) in [6, 6.07) is 16.3. The van der Waals surface area contributed by atoms with Crippen LogP contribution in [0.4, 0.5) is 4.39 Å². The molecule has 35 heavy (non-hydrogen) atoms. The molecule has 2 heterocycles. The predicted octanol–water partition coefficient (Wildman–Crippen LogP) is 5.88. The Morgan fingerprint density at radius 2 is 1.69 bits per heavy atom. The van der Waals surface area contributed by atoms with Gasteiger partial charge in [0.05, 0.1) is 4.91 Å². The van der Waals surface area contributed by atoms with Crippen molar-refractivity contribution in [1.82, 2.24) is 9.80 Å². The van der Waals surface area contributed by atoms with E-state index in [2.05, 4.69) is 4.90 Å². The van der Waals surface area contributed by atoms with Gasteiger partial charge in [-0.1, -0.05) is 55.3 Å². The van der Waals surface area contributed by atoms with Crippen molar-refractivity contribution in [3.63, 3.8) is 0 Å². The summed E-state index contributed by atoms with van der Waals surface area (Å²) in [5.41, 5.74) is 1.92. The normalized spacial score (nSPS) is 26.4. The number of carbonyl (C=O) groups excluding carboxylic acids is 2. The van der Waals surface area contributed by atoms with E-state index in [9.17, 15) is 14.0 Å². The smallest absolute Gasteiger partial charge is 0.260 e. The number of thioether (sulfide) groups is 1. The average Bonchev–Trinajstić information content (AvgIpc) is 3.17. The average molecular weight is 493 g/mol. The van der Waals surface area contributed by atoms with Crippen molar-refractivity contribution < 1.29 is 14.0 Å². The molecule has 5 rings (SSSR count). The lowest BCUT2D eigenvalue weighted by Gasteiger charge is -2.46. The number of rotatable bonds is 4. The molecule has 1 saturated carbocycles. The highest BCUT2D eigenvalue weighted by atomic mass is 32.2. The molecule has 4 nitrogen and oxygen atoms in total. The van der Waals surface area contributed by atoms with Crippen LogP contribution < -0.4 is 0 Å². The van der Waals surface area contributed by atoms with Gasteiger partial charge in [-0.2, -0.15) is 0 Å². The zero-order valence-electron chi connectivity index (χ0n) is 20.1. The molecule has 2 aromatic rings. The van der Waals surface area contributed by atoms with E-state index < -0.39 is 0 Å². The summed E-state index contributed by atoms with van der Waals surface area (Å²) in [4.78, 5) is 31.9. The van der Waals surface area contributed by atoms with Gasteiger partial charge in [-0.15, -0.1) is 11.8 Å². The summed E-state index contributed by atoms with van der Waals surface area (Å²) >= 11 is 1.67. The first kappa shape index (κ1) is 24.1. The van der Waals surface area contributed by atoms with E-state index in [0.29, 0.717) is 13.0 Å². The van der Waals surface area contributed by atoms with Crippen LogP contribution in [-0.4, -0.2) is 46.0 Å². The summed E-state index contributed by atoms with van der Waals surface area (Å²) in [7, 11) is 0. The van der Waals surface area contributed by atoms with Crippen LogP contribution in [0.5, 0.6) is 0 Å². The van der Waals surface area contributed by atoms with Crippen LogP contribution >= 0.6 is 11.8 Å². The van der Waals surface area contributed by atoms with E-state index in [0.717, 1.165) is 54.8 Å². The molecule has 0 spiro atoms. The molecule has 0 N–H and O–H groups in total.